The number of carbonyl (C=O) groups excluding carboxylic acids is 1. The lowest BCUT2D eigenvalue weighted by Gasteiger charge is -2.05. The predicted octanol–water partition coefficient (Wildman–Crippen LogP) is 4.56. The Kier molecular flexibility index (Phi) is 4.76. The molecule has 140 valence electrons. The van der Waals surface area contributed by atoms with Crippen LogP contribution in [0.2, 0.25) is 0 Å². The number of ether oxygens (including phenoxy) is 1. The van der Waals surface area contributed by atoms with Crippen molar-refractivity contribution < 1.29 is 13.9 Å². The molecule has 0 aliphatic heterocycles. The first-order valence-corrected chi connectivity index (χ1v) is 8.79. The molecule has 1 aromatic heterocycles. The van der Waals surface area contributed by atoms with Gasteiger partial charge in [-0.25, -0.2) is 4.39 Å². The zero-order valence-corrected chi connectivity index (χ0v) is 15.2. The summed E-state index contributed by atoms with van der Waals surface area (Å²) in [6.45, 7) is 0. The minimum Gasteiger partial charge on any atom is -0.497 e. The van der Waals surface area contributed by atoms with Crippen LogP contribution in [0.3, 0.4) is 0 Å². The van der Waals surface area contributed by atoms with Crippen molar-refractivity contribution in [3.05, 3.63) is 78.1 Å². The molecular weight excluding hydrogens is 357 g/mol. The van der Waals surface area contributed by atoms with Gasteiger partial charge < -0.3 is 10.1 Å². The van der Waals surface area contributed by atoms with E-state index in [1.165, 1.54) is 12.1 Å². The van der Waals surface area contributed by atoms with Gasteiger partial charge in [-0.05, 0) is 53.1 Å². The van der Waals surface area contributed by atoms with Crippen LogP contribution in [0, 0.1) is 5.82 Å². The number of anilines is 1. The van der Waals surface area contributed by atoms with Gasteiger partial charge >= 0.3 is 0 Å². The number of hydrogen-bond acceptors (Lipinski definition) is 3. The Morgan fingerprint density at radius 2 is 1.75 bits per heavy atom. The number of nitrogens with one attached hydrogen (secondary N) is 2. The number of amides is 1. The molecule has 4 rings (SSSR count). The Morgan fingerprint density at radius 3 is 2.46 bits per heavy atom. The smallest absolute Gasteiger partial charge is 0.230 e. The molecule has 3 aromatic carbocycles. The van der Waals surface area contributed by atoms with E-state index in [9.17, 15) is 9.18 Å². The second-order valence-corrected chi connectivity index (χ2v) is 6.41. The van der Waals surface area contributed by atoms with Gasteiger partial charge in [0.05, 0.1) is 19.0 Å². The van der Waals surface area contributed by atoms with Crippen LogP contribution in [0.1, 0.15) is 5.56 Å². The summed E-state index contributed by atoms with van der Waals surface area (Å²) in [5.74, 6) is 0.813. The fourth-order valence-electron chi connectivity index (χ4n) is 3.04. The molecule has 0 saturated carbocycles. The monoisotopic (exact) mass is 375 g/mol. The predicted molar refractivity (Wildman–Crippen MR) is 107 cm³/mol. The van der Waals surface area contributed by atoms with Crippen LogP contribution >= 0.6 is 0 Å². The Balaban J connectivity index is 1.51. The van der Waals surface area contributed by atoms with E-state index in [0.717, 1.165) is 33.3 Å². The minimum absolute atomic E-state index is 0.152. The van der Waals surface area contributed by atoms with Crippen molar-refractivity contribution >= 4 is 22.6 Å². The lowest BCUT2D eigenvalue weighted by atomic mass is 10.0. The van der Waals surface area contributed by atoms with Crippen LogP contribution < -0.4 is 10.1 Å². The summed E-state index contributed by atoms with van der Waals surface area (Å²) in [6.07, 6.45) is 0.242. The summed E-state index contributed by atoms with van der Waals surface area (Å²) >= 11 is 0. The Bertz CT molecular complexity index is 1120. The highest BCUT2D eigenvalue weighted by atomic mass is 19.1. The van der Waals surface area contributed by atoms with E-state index in [-0.39, 0.29) is 18.1 Å². The Morgan fingerprint density at radius 1 is 1.04 bits per heavy atom. The fourth-order valence-corrected chi connectivity index (χ4v) is 3.04. The number of rotatable bonds is 5. The average molecular weight is 375 g/mol. The number of aromatic amines is 1. The SMILES string of the molecule is COc1ccc(CC(=O)Nc2n[nH]c3cc(-c4ccc(F)cc4)ccc23)cc1. The van der Waals surface area contributed by atoms with Crippen LogP contribution in [0.4, 0.5) is 10.2 Å². The second-order valence-electron chi connectivity index (χ2n) is 6.41. The van der Waals surface area contributed by atoms with Crippen LogP contribution in [-0.2, 0) is 11.2 Å². The van der Waals surface area contributed by atoms with Gasteiger partial charge in [0.1, 0.15) is 11.6 Å². The summed E-state index contributed by atoms with van der Waals surface area (Å²) in [4.78, 5) is 12.4. The summed E-state index contributed by atoms with van der Waals surface area (Å²) in [7, 11) is 1.60. The maximum absolute atomic E-state index is 13.1. The highest BCUT2D eigenvalue weighted by Crippen LogP contribution is 2.27. The summed E-state index contributed by atoms with van der Waals surface area (Å²) in [5.41, 5.74) is 3.52. The Labute approximate surface area is 161 Å². The molecule has 0 unspecified atom stereocenters. The van der Waals surface area contributed by atoms with Gasteiger partial charge in [-0.15, -0.1) is 0 Å². The van der Waals surface area contributed by atoms with Crippen LogP contribution in [-0.4, -0.2) is 23.2 Å². The normalized spacial score (nSPS) is 10.8. The number of H-pyrrole nitrogens is 1. The van der Waals surface area contributed by atoms with Crippen LogP contribution in [0.25, 0.3) is 22.0 Å². The van der Waals surface area contributed by atoms with Crippen molar-refractivity contribution in [2.45, 2.75) is 6.42 Å². The number of nitrogens with zero attached hydrogens (tertiary/aromatic N) is 1. The highest BCUT2D eigenvalue weighted by molar-refractivity contribution is 6.01. The average Bonchev–Trinajstić information content (AvgIpc) is 3.11. The third kappa shape index (κ3) is 3.71. The molecule has 1 amide bonds. The molecule has 1 heterocycles. The molecule has 0 radical (unpaired) electrons. The van der Waals surface area contributed by atoms with Crippen LogP contribution in [0.15, 0.2) is 66.7 Å². The number of benzene rings is 3. The van der Waals surface area contributed by atoms with E-state index in [1.54, 1.807) is 19.2 Å². The molecule has 28 heavy (non-hydrogen) atoms. The van der Waals surface area contributed by atoms with Gasteiger partial charge in [-0.3, -0.25) is 9.89 Å². The lowest BCUT2D eigenvalue weighted by Crippen LogP contribution is -2.14. The molecule has 0 aliphatic carbocycles. The first-order valence-electron chi connectivity index (χ1n) is 8.79. The van der Waals surface area contributed by atoms with E-state index < -0.39 is 0 Å². The summed E-state index contributed by atoms with van der Waals surface area (Å²) in [5, 5.41) is 10.8. The topological polar surface area (TPSA) is 67.0 Å². The lowest BCUT2D eigenvalue weighted by molar-refractivity contribution is -0.115. The first kappa shape index (κ1) is 17.7. The maximum atomic E-state index is 13.1. The Hall–Kier alpha value is -3.67. The fraction of sp³-hybridized carbons (Fsp3) is 0.0909. The number of hydrogen-bond donors (Lipinski definition) is 2. The molecule has 0 atom stereocenters. The number of fused-ring (bicyclic) bond motifs is 1. The summed E-state index contributed by atoms with van der Waals surface area (Å²) in [6, 6.07) is 19.4. The number of carbonyl (C=O) groups is 1. The van der Waals surface area contributed by atoms with Gasteiger partial charge in [0, 0.05) is 5.39 Å². The van der Waals surface area contributed by atoms with Crippen molar-refractivity contribution in [3.8, 4) is 16.9 Å². The number of aromatic nitrogens is 2. The van der Waals surface area contributed by atoms with Crippen molar-refractivity contribution in [2.75, 3.05) is 12.4 Å². The van der Waals surface area contributed by atoms with Gasteiger partial charge in [0.2, 0.25) is 5.91 Å². The molecule has 0 fully saturated rings. The van der Waals surface area contributed by atoms with Gasteiger partial charge in [0.25, 0.3) is 0 Å². The van der Waals surface area contributed by atoms with E-state index in [4.69, 9.17) is 4.74 Å². The maximum Gasteiger partial charge on any atom is 0.230 e. The third-order valence-corrected chi connectivity index (χ3v) is 4.52. The van der Waals surface area contributed by atoms with Gasteiger partial charge in [-0.2, -0.15) is 5.10 Å². The molecule has 0 saturated heterocycles. The minimum atomic E-state index is -0.270. The van der Waals surface area contributed by atoms with E-state index >= 15 is 0 Å². The van der Waals surface area contributed by atoms with Crippen LogP contribution in [0.5, 0.6) is 5.75 Å². The molecule has 0 spiro atoms. The van der Waals surface area contributed by atoms with Crippen molar-refractivity contribution in [2.24, 2.45) is 0 Å². The zero-order valence-electron chi connectivity index (χ0n) is 15.2. The third-order valence-electron chi connectivity index (χ3n) is 4.52. The standard InChI is InChI=1S/C22H18FN3O2/c1-28-18-9-2-14(3-10-18)12-21(27)24-22-19-11-6-16(13-20(19)25-26-22)15-4-7-17(23)8-5-15/h2-11,13H,12H2,1H3,(H2,24,25,26,27). The molecule has 0 aliphatic rings. The van der Waals surface area contributed by atoms with Crippen molar-refractivity contribution in [3.63, 3.8) is 0 Å². The molecule has 5 nitrogen and oxygen atoms in total. The van der Waals surface area contributed by atoms with E-state index in [1.807, 2.05) is 42.5 Å². The number of halogens is 1. The number of methoxy groups -OCH3 is 1. The molecular formula is C22H18FN3O2. The first-order chi connectivity index (χ1) is 13.6. The second kappa shape index (κ2) is 7.52. The van der Waals surface area contributed by atoms with Crippen molar-refractivity contribution in [1.82, 2.24) is 10.2 Å². The van der Waals surface area contributed by atoms with Crippen molar-refractivity contribution in [1.29, 1.82) is 0 Å². The van der Waals surface area contributed by atoms with Gasteiger partial charge in [-0.1, -0.05) is 30.3 Å². The van der Waals surface area contributed by atoms with Gasteiger partial charge in [0.15, 0.2) is 5.82 Å². The highest BCUT2D eigenvalue weighted by Gasteiger charge is 2.11. The zero-order chi connectivity index (χ0) is 19.5. The summed E-state index contributed by atoms with van der Waals surface area (Å²) < 4.78 is 18.2. The molecule has 2 N–H and O–H groups in total. The molecule has 4 aromatic rings. The quantitative estimate of drug-likeness (QED) is 0.537. The molecule has 0 bridgehead atoms. The van der Waals surface area contributed by atoms with E-state index in [0.29, 0.717) is 5.82 Å². The molecule has 6 heteroatoms. The largest absolute Gasteiger partial charge is 0.497 e. The van der Waals surface area contributed by atoms with E-state index in [2.05, 4.69) is 15.5 Å².